The Balaban J connectivity index is 1.46. The van der Waals surface area contributed by atoms with Gasteiger partial charge in [0.1, 0.15) is 17.7 Å². The molecule has 0 radical (unpaired) electrons. The number of rotatable bonds is 4. The second-order valence-electron chi connectivity index (χ2n) is 6.60. The molecule has 0 atom stereocenters. The average Bonchev–Trinajstić information content (AvgIpc) is 3.36. The Kier molecular flexibility index (Phi) is 3.98. The van der Waals surface area contributed by atoms with Crippen LogP contribution in [0.4, 0.5) is 11.6 Å². The van der Waals surface area contributed by atoms with Crippen LogP contribution in [-0.2, 0) is 7.05 Å². The molecule has 0 spiro atoms. The van der Waals surface area contributed by atoms with Gasteiger partial charge in [-0.1, -0.05) is 0 Å². The van der Waals surface area contributed by atoms with Crippen molar-refractivity contribution in [3.63, 3.8) is 0 Å². The van der Waals surface area contributed by atoms with Gasteiger partial charge in [0.15, 0.2) is 0 Å². The van der Waals surface area contributed by atoms with Crippen LogP contribution in [0.25, 0.3) is 27.8 Å². The Morgan fingerprint density at radius 3 is 2.55 bits per heavy atom. The van der Waals surface area contributed by atoms with Gasteiger partial charge in [-0.05, 0) is 37.3 Å². The standard InChI is InChI=1S/C20H17N9/c1-13-23-12-29(27-13)17-5-3-16(4-6-17)25-20-22-9-14-7-8-21-18(19(14)26-20)15-10-24-28(2)11-15/h3-12H,1-2H3,(H,22,25,26). The van der Waals surface area contributed by atoms with Gasteiger partial charge < -0.3 is 5.32 Å². The van der Waals surface area contributed by atoms with Gasteiger partial charge in [-0.25, -0.2) is 19.6 Å². The minimum atomic E-state index is 0.500. The third-order valence-corrected chi connectivity index (χ3v) is 4.47. The summed E-state index contributed by atoms with van der Waals surface area (Å²) in [6, 6.07) is 9.71. The minimum absolute atomic E-state index is 0.500. The highest BCUT2D eigenvalue weighted by atomic mass is 15.3. The fraction of sp³-hybridized carbons (Fsp3) is 0.100. The fourth-order valence-corrected chi connectivity index (χ4v) is 3.07. The molecule has 0 bridgehead atoms. The number of hydrogen-bond acceptors (Lipinski definition) is 7. The number of pyridine rings is 1. The van der Waals surface area contributed by atoms with E-state index in [1.54, 1.807) is 34.3 Å². The molecule has 1 aromatic carbocycles. The Morgan fingerprint density at radius 1 is 0.966 bits per heavy atom. The third kappa shape index (κ3) is 3.29. The molecule has 9 nitrogen and oxygen atoms in total. The molecule has 1 N–H and O–H groups in total. The summed E-state index contributed by atoms with van der Waals surface area (Å²) in [5.41, 5.74) is 4.26. The van der Waals surface area contributed by atoms with Crippen LogP contribution in [0.3, 0.4) is 0 Å². The van der Waals surface area contributed by atoms with Gasteiger partial charge in [0.25, 0.3) is 0 Å². The molecule has 5 aromatic rings. The highest BCUT2D eigenvalue weighted by molar-refractivity contribution is 5.91. The lowest BCUT2D eigenvalue weighted by atomic mass is 10.1. The van der Waals surface area contributed by atoms with Gasteiger partial charge in [-0.15, -0.1) is 0 Å². The van der Waals surface area contributed by atoms with Crippen LogP contribution < -0.4 is 5.32 Å². The molecule has 0 aliphatic rings. The molecular weight excluding hydrogens is 366 g/mol. The van der Waals surface area contributed by atoms with Crippen LogP contribution in [-0.4, -0.2) is 39.5 Å². The monoisotopic (exact) mass is 383 g/mol. The molecule has 0 amide bonds. The molecule has 142 valence electrons. The maximum atomic E-state index is 4.69. The van der Waals surface area contributed by atoms with Crippen LogP contribution in [0.5, 0.6) is 0 Å². The lowest BCUT2D eigenvalue weighted by molar-refractivity contribution is 0.768. The van der Waals surface area contributed by atoms with Crippen molar-refractivity contribution in [2.75, 3.05) is 5.32 Å². The number of aryl methyl sites for hydroxylation is 2. The highest BCUT2D eigenvalue weighted by Gasteiger charge is 2.10. The van der Waals surface area contributed by atoms with Crippen molar-refractivity contribution in [2.45, 2.75) is 6.92 Å². The van der Waals surface area contributed by atoms with Crippen molar-refractivity contribution < 1.29 is 0 Å². The number of anilines is 2. The molecule has 4 aromatic heterocycles. The first-order chi connectivity index (χ1) is 14.2. The quantitative estimate of drug-likeness (QED) is 0.509. The zero-order chi connectivity index (χ0) is 19.8. The van der Waals surface area contributed by atoms with E-state index in [-0.39, 0.29) is 0 Å². The van der Waals surface area contributed by atoms with Gasteiger partial charge in [-0.2, -0.15) is 10.2 Å². The number of nitrogens with zero attached hydrogens (tertiary/aromatic N) is 8. The van der Waals surface area contributed by atoms with E-state index in [4.69, 9.17) is 4.98 Å². The average molecular weight is 383 g/mol. The predicted octanol–water partition coefficient (Wildman–Crippen LogP) is 3.06. The molecule has 4 heterocycles. The molecule has 9 heteroatoms. The van der Waals surface area contributed by atoms with Gasteiger partial charge >= 0.3 is 0 Å². The number of aromatic nitrogens is 8. The van der Waals surface area contributed by atoms with Crippen molar-refractivity contribution in [3.05, 3.63) is 67.3 Å². The molecule has 29 heavy (non-hydrogen) atoms. The summed E-state index contributed by atoms with van der Waals surface area (Å²) in [5.74, 6) is 1.23. The summed E-state index contributed by atoms with van der Waals surface area (Å²) in [7, 11) is 1.88. The molecular formula is C20H17N9. The molecule has 0 saturated heterocycles. The molecule has 0 aliphatic carbocycles. The van der Waals surface area contributed by atoms with Crippen LogP contribution in [0.2, 0.25) is 0 Å². The molecule has 0 saturated carbocycles. The second-order valence-corrected chi connectivity index (χ2v) is 6.60. The first-order valence-electron chi connectivity index (χ1n) is 9.02. The van der Waals surface area contributed by atoms with E-state index in [1.165, 1.54) is 0 Å². The smallest absolute Gasteiger partial charge is 0.227 e. The third-order valence-electron chi connectivity index (χ3n) is 4.47. The van der Waals surface area contributed by atoms with Crippen molar-refractivity contribution in [2.24, 2.45) is 7.05 Å². The highest BCUT2D eigenvalue weighted by Crippen LogP contribution is 2.25. The summed E-state index contributed by atoms with van der Waals surface area (Å²) in [6.45, 7) is 1.86. The van der Waals surface area contributed by atoms with E-state index < -0.39 is 0 Å². The van der Waals surface area contributed by atoms with Gasteiger partial charge in [0, 0.05) is 42.3 Å². The van der Waals surface area contributed by atoms with E-state index in [2.05, 4.69) is 30.5 Å². The second kappa shape index (κ2) is 6.79. The lowest BCUT2D eigenvalue weighted by Crippen LogP contribution is -1.99. The summed E-state index contributed by atoms with van der Waals surface area (Å²) in [4.78, 5) is 17.8. The summed E-state index contributed by atoms with van der Waals surface area (Å²) >= 11 is 0. The van der Waals surface area contributed by atoms with Crippen LogP contribution >= 0.6 is 0 Å². The Morgan fingerprint density at radius 2 is 1.83 bits per heavy atom. The SMILES string of the molecule is Cc1ncn(-c2ccc(Nc3ncc4ccnc(-c5cnn(C)c5)c4n3)cc2)n1. The number of nitrogens with one attached hydrogen (secondary N) is 1. The maximum Gasteiger partial charge on any atom is 0.227 e. The Bertz CT molecular complexity index is 1300. The van der Waals surface area contributed by atoms with E-state index in [9.17, 15) is 0 Å². The van der Waals surface area contributed by atoms with Gasteiger partial charge in [0.2, 0.25) is 5.95 Å². The van der Waals surface area contributed by atoms with E-state index in [0.717, 1.165) is 39.4 Å². The van der Waals surface area contributed by atoms with E-state index in [1.807, 2.05) is 50.5 Å². The maximum absolute atomic E-state index is 4.69. The normalized spacial score (nSPS) is 11.1. The lowest BCUT2D eigenvalue weighted by Gasteiger charge is -2.08. The number of fused-ring (bicyclic) bond motifs is 1. The van der Waals surface area contributed by atoms with Crippen molar-refractivity contribution in [1.82, 2.24) is 39.5 Å². The van der Waals surface area contributed by atoms with E-state index in [0.29, 0.717) is 5.95 Å². The van der Waals surface area contributed by atoms with Crippen LogP contribution in [0.1, 0.15) is 5.82 Å². The van der Waals surface area contributed by atoms with Crippen LogP contribution in [0, 0.1) is 6.92 Å². The molecule has 5 rings (SSSR count). The molecule has 0 aliphatic heterocycles. The minimum Gasteiger partial charge on any atom is -0.324 e. The van der Waals surface area contributed by atoms with Crippen molar-refractivity contribution >= 4 is 22.5 Å². The zero-order valence-corrected chi connectivity index (χ0v) is 15.9. The molecule has 0 fully saturated rings. The summed E-state index contributed by atoms with van der Waals surface area (Å²) < 4.78 is 3.48. The van der Waals surface area contributed by atoms with Gasteiger partial charge in [0.05, 0.1) is 17.6 Å². The first kappa shape index (κ1) is 17.0. The first-order valence-corrected chi connectivity index (χ1v) is 9.02. The van der Waals surface area contributed by atoms with Crippen molar-refractivity contribution in [1.29, 1.82) is 0 Å². The molecule has 0 unspecified atom stereocenters. The Labute approximate surface area is 166 Å². The number of hydrogen-bond donors (Lipinski definition) is 1. The summed E-state index contributed by atoms with van der Waals surface area (Å²) in [6.07, 6.45) is 8.94. The fourth-order valence-electron chi connectivity index (χ4n) is 3.07. The van der Waals surface area contributed by atoms with Crippen molar-refractivity contribution in [3.8, 4) is 16.9 Å². The summed E-state index contributed by atoms with van der Waals surface area (Å²) in [5, 5.41) is 12.7. The predicted molar refractivity (Wildman–Crippen MR) is 109 cm³/mol. The Hall–Kier alpha value is -4.14. The van der Waals surface area contributed by atoms with Gasteiger partial charge in [-0.3, -0.25) is 9.67 Å². The largest absolute Gasteiger partial charge is 0.324 e. The van der Waals surface area contributed by atoms with E-state index >= 15 is 0 Å². The topological polar surface area (TPSA) is 99.2 Å². The zero-order valence-electron chi connectivity index (χ0n) is 15.9. The number of benzene rings is 1. The van der Waals surface area contributed by atoms with Crippen LogP contribution in [0.15, 0.2) is 61.4 Å².